The fourth-order valence-corrected chi connectivity index (χ4v) is 3.51. The number of aromatic nitrogens is 3. The Morgan fingerprint density at radius 3 is 2.45 bits per heavy atom. The van der Waals surface area contributed by atoms with E-state index in [1.54, 1.807) is 4.68 Å². The van der Waals surface area contributed by atoms with Crippen LogP contribution in [-0.2, 0) is 0 Å². The molecule has 1 N–H and O–H groups in total. The van der Waals surface area contributed by atoms with Crippen molar-refractivity contribution in [3.05, 3.63) is 93.8 Å². The second kappa shape index (κ2) is 8.36. The van der Waals surface area contributed by atoms with Gasteiger partial charge in [0.25, 0.3) is 5.91 Å². The predicted octanol–water partition coefficient (Wildman–Crippen LogP) is 6.07. The highest BCUT2D eigenvalue weighted by molar-refractivity contribution is 6.31. The van der Waals surface area contributed by atoms with Crippen LogP contribution in [0, 0.1) is 27.7 Å². The molecular formula is C25H23ClN4O. The van der Waals surface area contributed by atoms with Crippen molar-refractivity contribution in [1.82, 2.24) is 14.8 Å². The maximum Gasteiger partial charge on any atom is 0.295 e. The van der Waals surface area contributed by atoms with E-state index >= 15 is 0 Å². The van der Waals surface area contributed by atoms with Crippen LogP contribution in [0.15, 0.2) is 60.7 Å². The third-order valence-corrected chi connectivity index (χ3v) is 5.75. The fraction of sp³-hybridized carbons (Fsp3) is 0.160. The SMILES string of the molecule is Cc1cccc(-c2nc(C(=O)Nc3cccc(C)c3C)nn2-c2ccc(C)c(Cl)c2)c1. The van der Waals surface area contributed by atoms with Gasteiger partial charge in [-0.05, 0) is 68.7 Å². The van der Waals surface area contributed by atoms with E-state index in [4.69, 9.17) is 11.6 Å². The van der Waals surface area contributed by atoms with Crippen LogP contribution < -0.4 is 5.32 Å². The average Bonchev–Trinajstić information content (AvgIpc) is 3.19. The molecule has 4 rings (SSSR count). The number of carbonyl (C=O) groups is 1. The smallest absolute Gasteiger partial charge is 0.295 e. The van der Waals surface area contributed by atoms with Crippen molar-refractivity contribution in [3.63, 3.8) is 0 Å². The molecular weight excluding hydrogens is 408 g/mol. The van der Waals surface area contributed by atoms with E-state index in [-0.39, 0.29) is 11.7 Å². The topological polar surface area (TPSA) is 59.8 Å². The zero-order valence-corrected chi connectivity index (χ0v) is 18.7. The lowest BCUT2D eigenvalue weighted by atomic mass is 10.1. The molecule has 0 bridgehead atoms. The van der Waals surface area contributed by atoms with Gasteiger partial charge < -0.3 is 5.32 Å². The van der Waals surface area contributed by atoms with E-state index in [2.05, 4.69) is 15.4 Å². The maximum absolute atomic E-state index is 13.0. The van der Waals surface area contributed by atoms with Gasteiger partial charge in [0.2, 0.25) is 5.82 Å². The molecule has 0 unspecified atom stereocenters. The van der Waals surface area contributed by atoms with Crippen LogP contribution in [0.4, 0.5) is 5.69 Å². The minimum Gasteiger partial charge on any atom is -0.319 e. The summed E-state index contributed by atoms with van der Waals surface area (Å²) in [6, 6.07) is 19.4. The van der Waals surface area contributed by atoms with Crippen LogP contribution >= 0.6 is 11.6 Å². The number of halogens is 1. The Hall–Kier alpha value is -3.44. The Bertz CT molecular complexity index is 1290. The Morgan fingerprint density at radius 2 is 1.71 bits per heavy atom. The molecule has 0 saturated carbocycles. The number of hydrogen-bond acceptors (Lipinski definition) is 3. The fourth-order valence-electron chi connectivity index (χ4n) is 3.34. The van der Waals surface area contributed by atoms with E-state index in [1.807, 2.05) is 88.4 Å². The summed E-state index contributed by atoms with van der Waals surface area (Å²) in [6.07, 6.45) is 0. The van der Waals surface area contributed by atoms with Crippen LogP contribution in [0.1, 0.15) is 32.9 Å². The van der Waals surface area contributed by atoms with Crippen molar-refractivity contribution < 1.29 is 4.79 Å². The van der Waals surface area contributed by atoms with Gasteiger partial charge in [-0.2, -0.15) is 0 Å². The predicted molar refractivity (Wildman–Crippen MR) is 125 cm³/mol. The summed E-state index contributed by atoms with van der Waals surface area (Å²) in [5.41, 5.74) is 6.54. The summed E-state index contributed by atoms with van der Waals surface area (Å²) in [4.78, 5) is 17.6. The molecule has 0 aliphatic heterocycles. The first-order valence-electron chi connectivity index (χ1n) is 10.0. The molecule has 1 aromatic heterocycles. The van der Waals surface area contributed by atoms with Crippen molar-refractivity contribution in [1.29, 1.82) is 0 Å². The lowest BCUT2D eigenvalue weighted by Crippen LogP contribution is -2.15. The van der Waals surface area contributed by atoms with Gasteiger partial charge in [0.15, 0.2) is 5.82 Å². The first-order valence-corrected chi connectivity index (χ1v) is 10.4. The summed E-state index contributed by atoms with van der Waals surface area (Å²) in [5.74, 6) is 0.309. The third-order valence-electron chi connectivity index (χ3n) is 5.34. The Kier molecular flexibility index (Phi) is 5.61. The normalized spacial score (nSPS) is 10.9. The van der Waals surface area contributed by atoms with E-state index in [0.29, 0.717) is 10.8 Å². The largest absolute Gasteiger partial charge is 0.319 e. The Morgan fingerprint density at radius 1 is 0.935 bits per heavy atom. The molecule has 6 heteroatoms. The highest BCUT2D eigenvalue weighted by Crippen LogP contribution is 2.26. The van der Waals surface area contributed by atoms with Crippen molar-refractivity contribution in [2.24, 2.45) is 0 Å². The van der Waals surface area contributed by atoms with Gasteiger partial charge in [-0.3, -0.25) is 4.79 Å². The summed E-state index contributed by atoms with van der Waals surface area (Å²) in [7, 11) is 0. The second-order valence-electron chi connectivity index (χ2n) is 7.68. The first kappa shape index (κ1) is 20.8. The average molecular weight is 431 g/mol. The molecule has 1 amide bonds. The molecule has 3 aromatic carbocycles. The van der Waals surface area contributed by atoms with E-state index in [9.17, 15) is 4.79 Å². The Labute approximate surface area is 186 Å². The molecule has 156 valence electrons. The van der Waals surface area contributed by atoms with Crippen LogP contribution in [0.5, 0.6) is 0 Å². The van der Waals surface area contributed by atoms with Gasteiger partial charge in [0.05, 0.1) is 5.69 Å². The summed E-state index contributed by atoms with van der Waals surface area (Å²) in [5, 5.41) is 8.11. The number of rotatable bonds is 4. The van der Waals surface area contributed by atoms with Crippen molar-refractivity contribution in [2.75, 3.05) is 5.32 Å². The van der Waals surface area contributed by atoms with E-state index in [0.717, 1.165) is 39.2 Å². The van der Waals surface area contributed by atoms with Gasteiger partial charge in [0, 0.05) is 16.3 Å². The van der Waals surface area contributed by atoms with Gasteiger partial charge in [0.1, 0.15) is 0 Å². The summed E-state index contributed by atoms with van der Waals surface area (Å²) < 4.78 is 1.66. The van der Waals surface area contributed by atoms with Crippen molar-refractivity contribution in [2.45, 2.75) is 27.7 Å². The number of benzene rings is 3. The van der Waals surface area contributed by atoms with Gasteiger partial charge in [-0.1, -0.05) is 53.6 Å². The van der Waals surface area contributed by atoms with E-state index < -0.39 is 0 Å². The van der Waals surface area contributed by atoms with E-state index in [1.165, 1.54) is 0 Å². The minimum atomic E-state index is -0.362. The Balaban J connectivity index is 1.80. The lowest BCUT2D eigenvalue weighted by molar-refractivity contribution is 0.101. The highest BCUT2D eigenvalue weighted by atomic mass is 35.5. The quantitative estimate of drug-likeness (QED) is 0.427. The van der Waals surface area contributed by atoms with Crippen molar-refractivity contribution >= 4 is 23.2 Å². The molecule has 1 heterocycles. The zero-order chi connectivity index (χ0) is 22.1. The number of nitrogens with zero attached hydrogens (tertiary/aromatic N) is 3. The molecule has 0 radical (unpaired) electrons. The van der Waals surface area contributed by atoms with Crippen molar-refractivity contribution in [3.8, 4) is 17.1 Å². The summed E-state index contributed by atoms with van der Waals surface area (Å²) in [6.45, 7) is 7.94. The third kappa shape index (κ3) is 4.23. The molecule has 5 nitrogen and oxygen atoms in total. The molecule has 0 fully saturated rings. The van der Waals surface area contributed by atoms with Crippen LogP contribution in [-0.4, -0.2) is 20.7 Å². The maximum atomic E-state index is 13.0. The van der Waals surface area contributed by atoms with Gasteiger partial charge >= 0.3 is 0 Å². The molecule has 4 aromatic rings. The van der Waals surface area contributed by atoms with Gasteiger partial charge in [-0.25, -0.2) is 9.67 Å². The van der Waals surface area contributed by atoms with Crippen LogP contribution in [0.25, 0.3) is 17.1 Å². The molecule has 0 saturated heterocycles. The standard InChI is InChI=1S/C25H23ClN4O/c1-15-7-5-9-19(13-15)24-28-23(25(31)27-22-10-6-8-16(2)18(22)4)29-30(24)20-12-11-17(3)21(26)14-20/h5-14H,1-4H3,(H,27,31). The summed E-state index contributed by atoms with van der Waals surface area (Å²) >= 11 is 6.36. The monoisotopic (exact) mass is 430 g/mol. The highest BCUT2D eigenvalue weighted by Gasteiger charge is 2.20. The van der Waals surface area contributed by atoms with Crippen LogP contribution in [0.2, 0.25) is 5.02 Å². The van der Waals surface area contributed by atoms with Crippen LogP contribution in [0.3, 0.4) is 0 Å². The molecule has 0 aliphatic rings. The first-order chi connectivity index (χ1) is 14.8. The zero-order valence-electron chi connectivity index (χ0n) is 17.9. The molecule has 0 atom stereocenters. The molecule has 0 spiro atoms. The number of nitrogens with one attached hydrogen (secondary N) is 1. The minimum absolute atomic E-state index is 0.0918. The number of anilines is 1. The number of amides is 1. The number of carbonyl (C=O) groups excluding carboxylic acids is 1. The number of hydrogen-bond donors (Lipinski definition) is 1. The molecule has 31 heavy (non-hydrogen) atoms. The molecule has 0 aliphatic carbocycles. The van der Waals surface area contributed by atoms with Gasteiger partial charge in [-0.15, -0.1) is 5.10 Å². The number of aryl methyl sites for hydroxylation is 3. The lowest BCUT2D eigenvalue weighted by Gasteiger charge is -2.08. The second-order valence-corrected chi connectivity index (χ2v) is 8.08.